The van der Waals surface area contributed by atoms with E-state index >= 15 is 0 Å². The van der Waals surface area contributed by atoms with Gasteiger partial charge in [0, 0.05) is 20.6 Å². The molecule has 2 aromatic rings. The zero-order chi connectivity index (χ0) is 23.4. The number of ketones is 1. The molecule has 1 amide bonds. The minimum Gasteiger partial charge on any atom is -0.507 e. The standard InChI is InChI=1S/C23H22FNO7/c1-13(26)32-16-6-4-5-14(11-16)20-19(22(28)23(29)25(20)9-10-30-2)21(27)17-12-15(24)7-8-18(17)31-3/h4-8,11-12,20,27H,9-10H2,1-3H3/b21-19+. The fourth-order valence-electron chi connectivity index (χ4n) is 3.57. The highest BCUT2D eigenvalue weighted by molar-refractivity contribution is 6.46. The number of methoxy groups -OCH3 is 2. The van der Waals surface area contributed by atoms with E-state index in [1.807, 2.05) is 0 Å². The summed E-state index contributed by atoms with van der Waals surface area (Å²) in [5, 5.41) is 11.1. The molecule has 2 aromatic carbocycles. The maximum Gasteiger partial charge on any atom is 0.308 e. The van der Waals surface area contributed by atoms with Crippen LogP contribution < -0.4 is 9.47 Å². The number of aliphatic hydroxyl groups excluding tert-OH is 1. The lowest BCUT2D eigenvalue weighted by Crippen LogP contribution is -2.32. The van der Waals surface area contributed by atoms with Gasteiger partial charge in [-0.2, -0.15) is 0 Å². The summed E-state index contributed by atoms with van der Waals surface area (Å²) < 4.78 is 29.3. The van der Waals surface area contributed by atoms with E-state index in [1.165, 1.54) is 38.2 Å². The van der Waals surface area contributed by atoms with Gasteiger partial charge in [-0.3, -0.25) is 14.4 Å². The Bertz CT molecular complexity index is 1100. The number of ether oxygens (including phenoxy) is 3. The predicted molar refractivity (Wildman–Crippen MR) is 112 cm³/mol. The van der Waals surface area contributed by atoms with E-state index in [9.17, 15) is 23.9 Å². The first-order valence-electron chi connectivity index (χ1n) is 9.68. The molecule has 1 aliphatic heterocycles. The number of benzene rings is 2. The Balaban J connectivity index is 2.22. The Labute approximate surface area is 183 Å². The molecule has 1 atom stereocenters. The van der Waals surface area contributed by atoms with Gasteiger partial charge in [0.2, 0.25) is 0 Å². The molecule has 32 heavy (non-hydrogen) atoms. The van der Waals surface area contributed by atoms with E-state index in [4.69, 9.17) is 14.2 Å². The summed E-state index contributed by atoms with van der Waals surface area (Å²) >= 11 is 0. The lowest BCUT2D eigenvalue weighted by Gasteiger charge is -2.25. The number of halogens is 1. The van der Waals surface area contributed by atoms with Gasteiger partial charge in [-0.1, -0.05) is 12.1 Å². The second-order valence-corrected chi connectivity index (χ2v) is 7.00. The average molecular weight is 443 g/mol. The van der Waals surface area contributed by atoms with Crippen LogP contribution in [0.4, 0.5) is 4.39 Å². The van der Waals surface area contributed by atoms with Crippen molar-refractivity contribution in [3.63, 3.8) is 0 Å². The summed E-state index contributed by atoms with van der Waals surface area (Å²) in [5.74, 6) is -3.23. The number of carbonyl (C=O) groups is 3. The van der Waals surface area contributed by atoms with Crippen molar-refractivity contribution in [2.75, 3.05) is 27.4 Å². The third-order valence-electron chi connectivity index (χ3n) is 4.93. The molecule has 1 aliphatic rings. The summed E-state index contributed by atoms with van der Waals surface area (Å²) in [6.07, 6.45) is 0. The van der Waals surface area contributed by atoms with Gasteiger partial charge in [-0.25, -0.2) is 4.39 Å². The van der Waals surface area contributed by atoms with Crippen LogP contribution in [0.15, 0.2) is 48.0 Å². The van der Waals surface area contributed by atoms with Gasteiger partial charge in [0.15, 0.2) is 0 Å². The van der Waals surface area contributed by atoms with Crippen LogP contribution in [0.3, 0.4) is 0 Å². The molecule has 3 rings (SSSR count). The number of hydrogen-bond donors (Lipinski definition) is 1. The molecule has 0 saturated carbocycles. The average Bonchev–Trinajstić information content (AvgIpc) is 3.01. The first kappa shape index (κ1) is 23.0. The molecule has 0 spiro atoms. The molecule has 0 aromatic heterocycles. The quantitative estimate of drug-likeness (QED) is 0.231. The molecule has 9 heteroatoms. The van der Waals surface area contributed by atoms with Crippen molar-refractivity contribution in [1.82, 2.24) is 4.90 Å². The number of esters is 1. The van der Waals surface area contributed by atoms with Crippen LogP contribution in [0.1, 0.15) is 24.1 Å². The number of hydrogen-bond acceptors (Lipinski definition) is 7. The van der Waals surface area contributed by atoms with Crippen molar-refractivity contribution in [3.8, 4) is 11.5 Å². The van der Waals surface area contributed by atoms with Crippen LogP contribution in [0, 0.1) is 5.82 Å². The number of aliphatic hydroxyl groups is 1. The fraction of sp³-hybridized carbons (Fsp3) is 0.261. The van der Waals surface area contributed by atoms with Gasteiger partial charge in [-0.05, 0) is 35.9 Å². The third kappa shape index (κ3) is 4.47. The SMILES string of the molecule is COCCN1C(=O)C(=O)/C(=C(/O)c2cc(F)ccc2OC)C1c1cccc(OC(C)=O)c1. The molecular weight excluding hydrogens is 421 g/mol. The Kier molecular flexibility index (Phi) is 6.89. The smallest absolute Gasteiger partial charge is 0.308 e. The summed E-state index contributed by atoms with van der Waals surface area (Å²) in [6.45, 7) is 1.44. The van der Waals surface area contributed by atoms with Crippen LogP contribution >= 0.6 is 0 Å². The number of likely N-dealkylation sites (tertiary alicyclic amines) is 1. The maximum absolute atomic E-state index is 13.9. The monoisotopic (exact) mass is 443 g/mol. The Morgan fingerprint density at radius 2 is 1.91 bits per heavy atom. The zero-order valence-corrected chi connectivity index (χ0v) is 17.8. The van der Waals surface area contributed by atoms with Gasteiger partial charge < -0.3 is 24.2 Å². The Morgan fingerprint density at radius 3 is 2.56 bits per heavy atom. The van der Waals surface area contributed by atoms with Gasteiger partial charge >= 0.3 is 5.97 Å². The molecule has 1 saturated heterocycles. The molecule has 0 aliphatic carbocycles. The molecule has 1 heterocycles. The zero-order valence-electron chi connectivity index (χ0n) is 17.8. The van der Waals surface area contributed by atoms with E-state index in [2.05, 4.69) is 0 Å². The lowest BCUT2D eigenvalue weighted by atomic mass is 9.94. The van der Waals surface area contributed by atoms with Crippen LogP contribution in [-0.4, -0.2) is 55.0 Å². The number of nitrogens with zero attached hydrogens (tertiary/aromatic N) is 1. The molecule has 1 fully saturated rings. The highest BCUT2D eigenvalue weighted by Gasteiger charge is 2.46. The van der Waals surface area contributed by atoms with Crippen molar-refractivity contribution in [2.45, 2.75) is 13.0 Å². The largest absolute Gasteiger partial charge is 0.507 e. The van der Waals surface area contributed by atoms with E-state index < -0.39 is 35.3 Å². The van der Waals surface area contributed by atoms with Gasteiger partial charge in [-0.15, -0.1) is 0 Å². The first-order valence-corrected chi connectivity index (χ1v) is 9.68. The first-order chi connectivity index (χ1) is 15.3. The maximum atomic E-state index is 13.9. The Hall–Kier alpha value is -3.72. The number of rotatable bonds is 7. The van der Waals surface area contributed by atoms with E-state index in [0.29, 0.717) is 5.56 Å². The molecule has 0 bridgehead atoms. The van der Waals surface area contributed by atoms with E-state index in [-0.39, 0.29) is 35.8 Å². The van der Waals surface area contributed by atoms with Gasteiger partial charge in [0.25, 0.3) is 11.7 Å². The molecule has 1 N–H and O–H groups in total. The fourth-order valence-corrected chi connectivity index (χ4v) is 3.57. The van der Waals surface area contributed by atoms with E-state index in [1.54, 1.807) is 18.2 Å². The highest BCUT2D eigenvalue weighted by Crippen LogP contribution is 2.41. The minimum absolute atomic E-state index is 0.0561. The van der Waals surface area contributed by atoms with Gasteiger partial charge in [0.1, 0.15) is 23.1 Å². The topological polar surface area (TPSA) is 102 Å². The van der Waals surface area contributed by atoms with Crippen LogP contribution in [0.2, 0.25) is 0 Å². The van der Waals surface area contributed by atoms with Crippen molar-refractivity contribution in [3.05, 3.63) is 65.0 Å². The third-order valence-corrected chi connectivity index (χ3v) is 4.93. The molecule has 168 valence electrons. The van der Waals surface area contributed by atoms with Crippen LogP contribution in [-0.2, 0) is 19.1 Å². The molecule has 8 nitrogen and oxygen atoms in total. The van der Waals surface area contributed by atoms with E-state index in [0.717, 1.165) is 12.1 Å². The number of carbonyl (C=O) groups excluding carboxylic acids is 3. The van der Waals surface area contributed by atoms with Crippen molar-refractivity contribution >= 4 is 23.4 Å². The minimum atomic E-state index is -1.02. The molecular formula is C23H22FNO7. The summed E-state index contributed by atoms with van der Waals surface area (Å²) in [5.41, 5.74) is 0.101. The second kappa shape index (κ2) is 9.61. The molecule has 0 radical (unpaired) electrons. The Morgan fingerprint density at radius 1 is 1.16 bits per heavy atom. The highest BCUT2D eigenvalue weighted by atomic mass is 19.1. The summed E-state index contributed by atoms with van der Waals surface area (Å²) in [7, 11) is 2.78. The number of amides is 1. The lowest BCUT2D eigenvalue weighted by molar-refractivity contribution is -0.140. The van der Waals surface area contributed by atoms with Crippen LogP contribution in [0.25, 0.3) is 5.76 Å². The second-order valence-electron chi connectivity index (χ2n) is 7.00. The van der Waals surface area contributed by atoms with Crippen LogP contribution in [0.5, 0.6) is 11.5 Å². The van der Waals surface area contributed by atoms with Crippen molar-refractivity contribution in [2.24, 2.45) is 0 Å². The summed E-state index contributed by atoms with van der Waals surface area (Å²) in [6, 6.07) is 8.70. The normalized spacial score (nSPS) is 17.5. The summed E-state index contributed by atoms with van der Waals surface area (Å²) in [4.78, 5) is 38.4. The van der Waals surface area contributed by atoms with Crippen molar-refractivity contribution in [1.29, 1.82) is 0 Å². The number of Topliss-reactive ketones (excluding diaryl/α,β-unsaturated/α-hetero) is 1. The predicted octanol–water partition coefficient (Wildman–Crippen LogP) is 2.83. The van der Waals surface area contributed by atoms with Crippen molar-refractivity contribution < 1.29 is 38.1 Å². The molecule has 1 unspecified atom stereocenters. The van der Waals surface area contributed by atoms with Gasteiger partial charge in [0.05, 0.1) is 30.9 Å².